The predicted molar refractivity (Wildman–Crippen MR) is 149 cm³/mol. The van der Waals surface area contributed by atoms with Crippen molar-refractivity contribution in [1.29, 1.82) is 0 Å². The molecular formula is C29H35N5O7. The number of nitrogens with one attached hydrogen (secondary N) is 3. The zero-order chi connectivity index (χ0) is 30.3. The molecule has 12 nitrogen and oxygen atoms in total. The van der Waals surface area contributed by atoms with Crippen molar-refractivity contribution in [2.45, 2.75) is 51.7 Å². The summed E-state index contributed by atoms with van der Waals surface area (Å²) in [5.41, 5.74) is 6.38. The predicted octanol–water partition coefficient (Wildman–Crippen LogP) is 0.279. The second-order valence-corrected chi connectivity index (χ2v) is 10.4. The maximum absolute atomic E-state index is 13.4. The average Bonchev–Trinajstić information content (AvgIpc) is 3.16. The van der Waals surface area contributed by atoms with Gasteiger partial charge in [-0.25, -0.2) is 0 Å². The molecule has 0 radical (unpaired) electrons. The van der Waals surface area contributed by atoms with Crippen LogP contribution in [0.4, 0.5) is 0 Å². The van der Waals surface area contributed by atoms with Gasteiger partial charge in [-0.2, -0.15) is 0 Å². The SMILES string of the molecule is CC(C)C[C@H](NCC(=O)CN1C(=O)c2ccccc2C1=O)C(=O)N[C@@H](Cc1ccc(O)cc1)C(=O)N[C@@H](C)C(N)=O. The maximum atomic E-state index is 13.4. The van der Waals surface area contributed by atoms with Crippen molar-refractivity contribution in [3.8, 4) is 5.75 Å². The molecule has 1 aliphatic heterocycles. The molecule has 0 fully saturated rings. The molecule has 0 spiro atoms. The van der Waals surface area contributed by atoms with E-state index in [9.17, 15) is 33.9 Å². The van der Waals surface area contributed by atoms with E-state index in [4.69, 9.17) is 5.73 Å². The van der Waals surface area contributed by atoms with Crippen LogP contribution < -0.4 is 21.7 Å². The van der Waals surface area contributed by atoms with Crippen LogP contribution in [0.2, 0.25) is 0 Å². The van der Waals surface area contributed by atoms with Gasteiger partial charge in [0, 0.05) is 6.42 Å². The number of nitrogens with zero attached hydrogens (tertiary/aromatic N) is 1. The largest absolute Gasteiger partial charge is 0.508 e. The van der Waals surface area contributed by atoms with Gasteiger partial charge in [0.1, 0.15) is 17.8 Å². The fourth-order valence-corrected chi connectivity index (χ4v) is 4.34. The third-order valence-corrected chi connectivity index (χ3v) is 6.58. The summed E-state index contributed by atoms with van der Waals surface area (Å²) < 4.78 is 0. The van der Waals surface area contributed by atoms with E-state index in [0.717, 1.165) is 4.90 Å². The number of hydrogen-bond acceptors (Lipinski definition) is 8. The fraction of sp³-hybridized carbons (Fsp3) is 0.379. The smallest absolute Gasteiger partial charge is 0.261 e. The first-order valence-corrected chi connectivity index (χ1v) is 13.3. The Hall–Kier alpha value is -4.58. The molecule has 3 atom stereocenters. The Morgan fingerprint density at radius 1 is 0.854 bits per heavy atom. The summed E-state index contributed by atoms with van der Waals surface area (Å²) >= 11 is 0. The van der Waals surface area contributed by atoms with E-state index in [1.165, 1.54) is 31.2 Å². The second-order valence-electron chi connectivity index (χ2n) is 10.4. The molecule has 0 unspecified atom stereocenters. The van der Waals surface area contributed by atoms with Crippen LogP contribution in [0.3, 0.4) is 0 Å². The molecule has 41 heavy (non-hydrogen) atoms. The molecular weight excluding hydrogens is 530 g/mol. The quantitative estimate of drug-likeness (QED) is 0.202. The minimum atomic E-state index is -1.10. The van der Waals surface area contributed by atoms with Gasteiger partial charge in [0.25, 0.3) is 11.8 Å². The van der Waals surface area contributed by atoms with Crippen LogP contribution in [0.5, 0.6) is 5.75 Å². The van der Waals surface area contributed by atoms with Crippen LogP contribution >= 0.6 is 0 Å². The molecule has 0 aromatic heterocycles. The molecule has 12 heteroatoms. The van der Waals surface area contributed by atoms with Crippen LogP contribution in [0.1, 0.15) is 53.5 Å². The van der Waals surface area contributed by atoms with Gasteiger partial charge in [0.05, 0.1) is 30.3 Å². The number of ketones is 1. The zero-order valence-electron chi connectivity index (χ0n) is 23.2. The number of phenolic OH excluding ortho intramolecular Hbond substituents is 1. The van der Waals surface area contributed by atoms with Gasteiger partial charge in [-0.1, -0.05) is 38.1 Å². The molecule has 0 saturated carbocycles. The number of imide groups is 1. The lowest BCUT2D eigenvalue weighted by molar-refractivity contribution is -0.132. The number of fused-ring (bicyclic) bond motifs is 1. The van der Waals surface area contributed by atoms with Crippen molar-refractivity contribution >= 4 is 35.3 Å². The van der Waals surface area contributed by atoms with Crippen molar-refractivity contribution in [2.24, 2.45) is 11.7 Å². The van der Waals surface area contributed by atoms with Crippen molar-refractivity contribution in [1.82, 2.24) is 20.9 Å². The lowest BCUT2D eigenvalue weighted by Crippen LogP contribution is -2.56. The standard InChI is InChI=1S/C29H35N5O7/c1-16(2)12-23(31-14-20(36)15-34-28(40)21-6-4-5-7-22(21)29(34)41)26(38)33-24(27(39)32-17(3)25(30)37)13-18-8-10-19(35)11-9-18/h4-11,16-17,23-24,31,35H,12-15H2,1-3H3,(H2,30,37)(H,32,39)(H,33,38)/t17-,23-,24-/m0/s1. The molecule has 6 N–H and O–H groups in total. The third kappa shape index (κ3) is 8.21. The molecule has 5 amide bonds. The number of benzene rings is 2. The number of amides is 5. The van der Waals surface area contributed by atoms with E-state index in [1.807, 2.05) is 13.8 Å². The summed E-state index contributed by atoms with van der Waals surface area (Å²) in [5.74, 6) is -3.45. The van der Waals surface area contributed by atoms with Crippen LogP contribution in [-0.4, -0.2) is 76.5 Å². The lowest BCUT2D eigenvalue weighted by Gasteiger charge is -2.25. The Morgan fingerprint density at radius 3 is 1.95 bits per heavy atom. The van der Waals surface area contributed by atoms with Crippen molar-refractivity contribution in [3.63, 3.8) is 0 Å². The Bertz CT molecular complexity index is 1290. The number of primary amides is 1. The molecule has 0 saturated heterocycles. The van der Waals surface area contributed by atoms with E-state index in [-0.39, 0.29) is 35.8 Å². The Morgan fingerprint density at radius 2 is 1.41 bits per heavy atom. The lowest BCUT2D eigenvalue weighted by atomic mass is 10.0. The van der Waals surface area contributed by atoms with E-state index >= 15 is 0 Å². The van der Waals surface area contributed by atoms with Gasteiger partial charge >= 0.3 is 0 Å². The normalized spacial score (nSPS) is 14.8. The molecule has 1 heterocycles. The first kappa shape index (κ1) is 31.0. The highest BCUT2D eigenvalue weighted by Crippen LogP contribution is 2.22. The third-order valence-electron chi connectivity index (χ3n) is 6.58. The van der Waals surface area contributed by atoms with Crippen LogP contribution in [0.25, 0.3) is 0 Å². The fourth-order valence-electron chi connectivity index (χ4n) is 4.34. The number of carbonyl (C=O) groups excluding carboxylic acids is 6. The van der Waals surface area contributed by atoms with Crippen LogP contribution in [0.15, 0.2) is 48.5 Å². The summed E-state index contributed by atoms with van der Waals surface area (Å²) in [6.07, 6.45) is 0.369. The molecule has 218 valence electrons. The number of hydrogen-bond donors (Lipinski definition) is 5. The first-order valence-electron chi connectivity index (χ1n) is 13.3. The molecule has 3 rings (SSSR count). The summed E-state index contributed by atoms with van der Waals surface area (Å²) in [5, 5.41) is 17.6. The number of aromatic hydroxyl groups is 1. The summed E-state index contributed by atoms with van der Waals surface area (Å²) in [7, 11) is 0. The number of carbonyl (C=O) groups is 6. The number of Topliss-reactive ketones (excluding diaryl/α,β-unsaturated/α-hetero) is 1. The summed E-state index contributed by atoms with van der Waals surface area (Å²) in [6.45, 7) is 4.44. The van der Waals surface area contributed by atoms with Gasteiger partial charge in [-0.15, -0.1) is 0 Å². The Balaban J connectivity index is 1.68. The summed E-state index contributed by atoms with van der Waals surface area (Å²) in [6, 6.07) is 9.44. The monoisotopic (exact) mass is 565 g/mol. The average molecular weight is 566 g/mol. The van der Waals surface area contributed by atoms with Gasteiger partial charge in [0.2, 0.25) is 17.7 Å². The van der Waals surface area contributed by atoms with E-state index in [1.54, 1.807) is 24.3 Å². The minimum absolute atomic E-state index is 0.0313. The van der Waals surface area contributed by atoms with E-state index in [0.29, 0.717) is 12.0 Å². The number of phenols is 1. The maximum Gasteiger partial charge on any atom is 0.261 e. The second kappa shape index (κ2) is 13.7. The molecule has 0 aliphatic carbocycles. The highest BCUT2D eigenvalue weighted by molar-refractivity contribution is 6.22. The topological polar surface area (TPSA) is 188 Å². The van der Waals surface area contributed by atoms with Gasteiger partial charge in [-0.3, -0.25) is 39.0 Å². The molecule has 2 aromatic rings. The molecule has 1 aliphatic rings. The minimum Gasteiger partial charge on any atom is -0.508 e. The first-order chi connectivity index (χ1) is 19.4. The number of rotatable bonds is 14. The van der Waals surface area contributed by atoms with Gasteiger partial charge in [0.15, 0.2) is 5.78 Å². The highest BCUT2D eigenvalue weighted by atomic mass is 16.3. The molecule has 2 aromatic carbocycles. The van der Waals surface area contributed by atoms with E-state index < -0.39 is 60.0 Å². The number of nitrogens with two attached hydrogens (primary N) is 1. The van der Waals surface area contributed by atoms with E-state index in [2.05, 4.69) is 16.0 Å². The zero-order valence-corrected chi connectivity index (χ0v) is 23.2. The summed E-state index contributed by atoms with van der Waals surface area (Å²) in [4.78, 5) is 76.7. The van der Waals surface area contributed by atoms with Crippen molar-refractivity contribution in [2.75, 3.05) is 13.1 Å². The van der Waals surface area contributed by atoms with Crippen LogP contribution in [0, 0.1) is 5.92 Å². The van der Waals surface area contributed by atoms with Gasteiger partial charge < -0.3 is 21.5 Å². The van der Waals surface area contributed by atoms with Gasteiger partial charge in [-0.05, 0) is 49.1 Å². The Kier molecular flexibility index (Phi) is 10.3. The van der Waals surface area contributed by atoms with Crippen LogP contribution in [-0.2, 0) is 25.6 Å². The van der Waals surface area contributed by atoms with Crippen molar-refractivity contribution < 1.29 is 33.9 Å². The molecule has 0 bridgehead atoms. The Labute approximate surface area is 237 Å². The highest BCUT2D eigenvalue weighted by Gasteiger charge is 2.36. The van der Waals surface area contributed by atoms with Crippen molar-refractivity contribution in [3.05, 3.63) is 65.2 Å².